The lowest BCUT2D eigenvalue weighted by atomic mass is 10.1. The summed E-state index contributed by atoms with van der Waals surface area (Å²) in [6.45, 7) is 4.97. The minimum absolute atomic E-state index is 0.0138. The molecule has 0 aliphatic heterocycles. The molecule has 0 bridgehead atoms. The van der Waals surface area contributed by atoms with Crippen LogP contribution >= 0.6 is 0 Å². The molecule has 1 aromatic carbocycles. The van der Waals surface area contributed by atoms with Gasteiger partial charge in [-0.05, 0) is 24.6 Å². The van der Waals surface area contributed by atoms with Crippen molar-refractivity contribution in [2.24, 2.45) is 0 Å². The summed E-state index contributed by atoms with van der Waals surface area (Å²) in [6.07, 6.45) is 1.61. The molecule has 1 N–H and O–H groups in total. The summed E-state index contributed by atoms with van der Waals surface area (Å²) in [4.78, 5) is 10.9. The summed E-state index contributed by atoms with van der Waals surface area (Å²) in [5, 5.41) is 9.32. The fourth-order valence-electron chi connectivity index (χ4n) is 0.973. The van der Waals surface area contributed by atoms with E-state index in [-0.39, 0.29) is 11.5 Å². The average molecular weight is 162 g/mol. The highest BCUT2D eigenvalue weighted by atomic mass is 16.3. The number of rotatable bonds is 2. The first-order chi connectivity index (χ1) is 5.65. The van der Waals surface area contributed by atoms with Crippen molar-refractivity contribution in [3.63, 3.8) is 0 Å². The lowest BCUT2D eigenvalue weighted by Gasteiger charge is -2.00. The number of benzene rings is 1. The summed E-state index contributed by atoms with van der Waals surface area (Å²) in [5.74, 6) is -0.122. The minimum Gasteiger partial charge on any atom is -0.507 e. The molecule has 0 atom stereocenters. The minimum atomic E-state index is -0.136. The Labute approximate surface area is 71.2 Å². The number of ketones is 1. The van der Waals surface area contributed by atoms with Crippen molar-refractivity contribution in [1.29, 1.82) is 0 Å². The van der Waals surface area contributed by atoms with Crippen molar-refractivity contribution < 1.29 is 9.90 Å². The largest absolute Gasteiger partial charge is 0.507 e. The molecule has 62 valence electrons. The Balaban J connectivity index is 3.20. The Hall–Kier alpha value is -1.57. The van der Waals surface area contributed by atoms with Gasteiger partial charge in [-0.15, -0.1) is 0 Å². The van der Waals surface area contributed by atoms with Crippen molar-refractivity contribution in [3.8, 4) is 5.75 Å². The molecule has 12 heavy (non-hydrogen) atoms. The predicted octanol–water partition coefficient (Wildman–Crippen LogP) is 2.24. The van der Waals surface area contributed by atoms with Crippen LogP contribution in [0.15, 0.2) is 24.8 Å². The van der Waals surface area contributed by atoms with E-state index in [2.05, 4.69) is 6.58 Å². The van der Waals surface area contributed by atoms with Crippen molar-refractivity contribution in [3.05, 3.63) is 35.9 Å². The number of hydrogen-bond donors (Lipinski definition) is 1. The summed E-state index contributed by atoms with van der Waals surface area (Å²) < 4.78 is 0. The smallest absolute Gasteiger partial charge is 0.163 e. The molecule has 0 heterocycles. The first-order valence-corrected chi connectivity index (χ1v) is 3.61. The number of aromatic hydroxyl groups is 1. The molecular formula is C10H10O2. The summed E-state index contributed by atoms with van der Waals surface area (Å²) in [5.41, 5.74) is 1.15. The second-order valence-electron chi connectivity index (χ2n) is 2.54. The molecule has 2 nitrogen and oxygen atoms in total. The Kier molecular flexibility index (Phi) is 2.29. The van der Waals surface area contributed by atoms with Crippen molar-refractivity contribution in [2.75, 3.05) is 0 Å². The van der Waals surface area contributed by atoms with Gasteiger partial charge >= 0.3 is 0 Å². The van der Waals surface area contributed by atoms with E-state index in [1.165, 1.54) is 13.0 Å². The maximum absolute atomic E-state index is 10.9. The van der Waals surface area contributed by atoms with Crippen molar-refractivity contribution >= 4 is 11.9 Å². The van der Waals surface area contributed by atoms with Gasteiger partial charge in [-0.3, -0.25) is 4.79 Å². The van der Waals surface area contributed by atoms with Gasteiger partial charge in [0.1, 0.15) is 5.75 Å². The second kappa shape index (κ2) is 3.22. The van der Waals surface area contributed by atoms with E-state index >= 15 is 0 Å². The summed E-state index contributed by atoms with van der Waals surface area (Å²) >= 11 is 0. The van der Waals surface area contributed by atoms with Gasteiger partial charge in [0.05, 0.1) is 5.56 Å². The molecule has 0 unspecified atom stereocenters. The SMILES string of the molecule is C=Cc1ccc(C(C)=O)c(O)c1. The van der Waals surface area contributed by atoms with Crippen LogP contribution in [0.3, 0.4) is 0 Å². The van der Waals surface area contributed by atoms with Crippen molar-refractivity contribution in [1.82, 2.24) is 0 Å². The van der Waals surface area contributed by atoms with Crippen LogP contribution in [0.1, 0.15) is 22.8 Å². The van der Waals surface area contributed by atoms with E-state index in [9.17, 15) is 9.90 Å². The first-order valence-electron chi connectivity index (χ1n) is 3.61. The van der Waals surface area contributed by atoms with Gasteiger partial charge in [-0.2, -0.15) is 0 Å². The number of Topliss-reactive ketones (excluding diaryl/α,β-unsaturated/α-hetero) is 1. The molecule has 2 heteroatoms. The molecule has 0 aliphatic rings. The molecule has 1 rings (SSSR count). The quantitative estimate of drug-likeness (QED) is 0.677. The predicted molar refractivity (Wildman–Crippen MR) is 48.2 cm³/mol. The number of phenols is 1. The molecular weight excluding hydrogens is 152 g/mol. The van der Waals surface area contributed by atoms with Crippen LogP contribution in [0.4, 0.5) is 0 Å². The van der Waals surface area contributed by atoms with Crippen LogP contribution in [-0.2, 0) is 0 Å². The number of hydrogen-bond acceptors (Lipinski definition) is 2. The molecule has 0 spiro atoms. The Morgan fingerprint density at radius 2 is 2.25 bits per heavy atom. The maximum Gasteiger partial charge on any atom is 0.163 e. The Morgan fingerprint density at radius 1 is 1.58 bits per heavy atom. The van der Waals surface area contributed by atoms with Crippen LogP contribution in [0.2, 0.25) is 0 Å². The molecule has 1 aromatic rings. The van der Waals surface area contributed by atoms with E-state index in [4.69, 9.17) is 0 Å². The van der Waals surface area contributed by atoms with E-state index < -0.39 is 0 Å². The molecule has 0 aliphatic carbocycles. The number of phenolic OH excluding ortho intramolecular Hbond substituents is 1. The Morgan fingerprint density at radius 3 is 2.67 bits per heavy atom. The average Bonchev–Trinajstić information content (AvgIpc) is 2.03. The summed E-state index contributed by atoms with van der Waals surface area (Å²) in [6, 6.07) is 4.85. The zero-order chi connectivity index (χ0) is 9.14. The monoisotopic (exact) mass is 162 g/mol. The standard InChI is InChI=1S/C10H10O2/c1-3-8-4-5-9(7(2)11)10(12)6-8/h3-6,12H,1H2,2H3. The van der Waals surface area contributed by atoms with Crippen LogP contribution in [0.5, 0.6) is 5.75 Å². The third-order valence-electron chi connectivity index (χ3n) is 1.64. The van der Waals surface area contributed by atoms with Gasteiger partial charge < -0.3 is 5.11 Å². The van der Waals surface area contributed by atoms with Gasteiger partial charge in [-0.1, -0.05) is 18.7 Å². The van der Waals surface area contributed by atoms with Gasteiger partial charge in [0, 0.05) is 0 Å². The van der Waals surface area contributed by atoms with Gasteiger partial charge in [0.25, 0.3) is 0 Å². The normalized spacial score (nSPS) is 9.42. The van der Waals surface area contributed by atoms with E-state index in [0.29, 0.717) is 5.56 Å². The lowest BCUT2D eigenvalue weighted by molar-refractivity contribution is 0.101. The lowest BCUT2D eigenvalue weighted by Crippen LogP contribution is -1.92. The topological polar surface area (TPSA) is 37.3 Å². The van der Waals surface area contributed by atoms with Crippen LogP contribution in [0, 0.1) is 0 Å². The molecule has 0 radical (unpaired) electrons. The van der Waals surface area contributed by atoms with Gasteiger partial charge in [-0.25, -0.2) is 0 Å². The maximum atomic E-state index is 10.9. The van der Waals surface area contributed by atoms with Gasteiger partial charge in [0.15, 0.2) is 5.78 Å². The first kappa shape index (κ1) is 8.53. The molecule has 0 fully saturated rings. The Bertz CT molecular complexity index is 327. The molecule has 0 amide bonds. The van der Waals surface area contributed by atoms with E-state index in [0.717, 1.165) is 5.56 Å². The highest BCUT2D eigenvalue weighted by Gasteiger charge is 2.04. The molecule has 0 saturated carbocycles. The van der Waals surface area contributed by atoms with E-state index in [1.807, 2.05) is 0 Å². The second-order valence-corrected chi connectivity index (χ2v) is 2.54. The summed E-state index contributed by atoms with van der Waals surface area (Å²) in [7, 11) is 0. The van der Waals surface area contributed by atoms with Crippen LogP contribution in [-0.4, -0.2) is 10.9 Å². The molecule has 0 aromatic heterocycles. The number of carbonyl (C=O) groups is 1. The third-order valence-corrected chi connectivity index (χ3v) is 1.64. The van der Waals surface area contributed by atoms with E-state index in [1.54, 1.807) is 18.2 Å². The fourth-order valence-corrected chi connectivity index (χ4v) is 0.973. The fraction of sp³-hybridized carbons (Fsp3) is 0.100. The zero-order valence-electron chi connectivity index (χ0n) is 6.87. The van der Waals surface area contributed by atoms with Crippen molar-refractivity contribution in [2.45, 2.75) is 6.92 Å². The third kappa shape index (κ3) is 1.53. The van der Waals surface area contributed by atoms with Crippen LogP contribution in [0.25, 0.3) is 6.08 Å². The number of carbonyl (C=O) groups excluding carboxylic acids is 1. The van der Waals surface area contributed by atoms with Crippen LogP contribution < -0.4 is 0 Å². The molecule has 0 saturated heterocycles. The zero-order valence-corrected chi connectivity index (χ0v) is 6.87. The highest BCUT2D eigenvalue weighted by molar-refractivity contribution is 5.96. The van der Waals surface area contributed by atoms with Gasteiger partial charge in [0.2, 0.25) is 0 Å². The highest BCUT2D eigenvalue weighted by Crippen LogP contribution is 2.19.